The summed E-state index contributed by atoms with van der Waals surface area (Å²) in [6.07, 6.45) is 8.06. The first-order chi connectivity index (χ1) is 18.7. The number of allylic oxidation sites excluding steroid dienone is 1. The van der Waals surface area contributed by atoms with Crippen LogP contribution in [0.4, 0.5) is 20.2 Å². The van der Waals surface area contributed by atoms with Gasteiger partial charge in [-0.15, -0.1) is 0 Å². The van der Waals surface area contributed by atoms with Gasteiger partial charge in [0.15, 0.2) is 5.69 Å². The molecule has 39 heavy (non-hydrogen) atoms. The lowest BCUT2D eigenvalue weighted by Crippen LogP contribution is -2.26. The number of benzene rings is 1. The zero-order valence-electron chi connectivity index (χ0n) is 21.5. The van der Waals surface area contributed by atoms with Crippen LogP contribution in [0.1, 0.15) is 42.2 Å². The van der Waals surface area contributed by atoms with Gasteiger partial charge in [-0.2, -0.15) is 5.10 Å². The minimum absolute atomic E-state index is 0.0145. The van der Waals surface area contributed by atoms with E-state index in [0.29, 0.717) is 35.4 Å². The lowest BCUT2D eigenvalue weighted by atomic mass is 10.0. The molecule has 0 atom stereocenters. The van der Waals surface area contributed by atoms with Crippen LogP contribution in [0.5, 0.6) is 0 Å². The zero-order valence-corrected chi connectivity index (χ0v) is 21.5. The van der Waals surface area contributed by atoms with Crippen molar-refractivity contribution in [3.05, 3.63) is 65.8 Å². The number of hydrogen-bond acceptors (Lipinski definition) is 6. The molecule has 3 N–H and O–H groups in total. The predicted molar refractivity (Wildman–Crippen MR) is 147 cm³/mol. The van der Waals surface area contributed by atoms with Crippen LogP contribution < -0.4 is 10.6 Å². The van der Waals surface area contributed by atoms with E-state index in [0.717, 1.165) is 29.6 Å². The molecule has 0 radical (unpaired) electrons. The Labute approximate surface area is 224 Å². The van der Waals surface area contributed by atoms with Crippen LogP contribution >= 0.6 is 0 Å². The maximum Gasteiger partial charge on any atom is 0.276 e. The largest absolute Gasteiger partial charge is 0.324 e. The molecule has 0 unspecified atom stereocenters. The molecule has 2 fully saturated rings. The summed E-state index contributed by atoms with van der Waals surface area (Å²) in [6.45, 7) is 5.78. The number of rotatable bonds is 9. The van der Waals surface area contributed by atoms with Gasteiger partial charge in [-0.3, -0.25) is 29.6 Å². The third-order valence-corrected chi connectivity index (χ3v) is 6.82. The van der Waals surface area contributed by atoms with E-state index < -0.39 is 11.8 Å². The predicted octanol–water partition coefficient (Wildman–Crippen LogP) is 4.89. The lowest BCUT2D eigenvalue weighted by molar-refractivity contribution is -0.117. The molecule has 1 saturated carbocycles. The summed E-state index contributed by atoms with van der Waals surface area (Å²) < 4.78 is 27.3. The number of anilines is 2. The number of H-pyrrole nitrogens is 1. The third kappa shape index (κ3) is 6.26. The molecule has 2 aliphatic rings. The molecule has 1 aromatic carbocycles. The van der Waals surface area contributed by atoms with Gasteiger partial charge in [0.1, 0.15) is 0 Å². The number of aromatic nitrogens is 3. The van der Waals surface area contributed by atoms with E-state index in [2.05, 4.69) is 37.5 Å². The second-order valence-corrected chi connectivity index (χ2v) is 10.0. The molecule has 2 aromatic heterocycles. The first-order valence-electron chi connectivity index (χ1n) is 12.7. The summed E-state index contributed by atoms with van der Waals surface area (Å²) in [6, 6.07) is 7.20. The van der Waals surface area contributed by atoms with Gasteiger partial charge < -0.3 is 10.6 Å². The fraction of sp³-hybridized carbons (Fsp3) is 0.321. The Bertz CT molecular complexity index is 1490. The maximum absolute atomic E-state index is 13.7. The van der Waals surface area contributed by atoms with Crippen molar-refractivity contribution in [2.45, 2.75) is 32.1 Å². The molecule has 202 valence electrons. The number of aromatic amines is 1. The Morgan fingerprint density at radius 2 is 2.08 bits per heavy atom. The molecule has 0 spiro atoms. The van der Waals surface area contributed by atoms with Gasteiger partial charge in [-0.05, 0) is 61.4 Å². The fourth-order valence-corrected chi connectivity index (χ4v) is 4.60. The molecule has 11 heteroatoms. The number of carbonyl (C=O) groups is 2. The quantitative estimate of drug-likeness (QED) is 0.268. The number of pyridine rings is 1. The summed E-state index contributed by atoms with van der Waals surface area (Å²) in [7, 11) is 0. The molecule has 1 saturated heterocycles. The van der Waals surface area contributed by atoms with Crippen molar-refractivity contribution in [1.29, 1.82) is 0 Å². The van der Waals surface area contributed by atoms with Crippen molar-refractivity contribution in [3.8, 4) is 0 Å². The Kier molecular flexibility index (Phi) is 7.34. The Balaban J connectivity index is 1.35. The van der Waals surface area contributed by atoms with E-state index in [-0.39, 0.29) is 30.5 Å². The van der Waals surface area contributed by atoms with Gasteiger partial charge in [0.2, 0.25) is 5.91 Å². The smallest absolute Gasteiger partial charge is 0.276 e. The molecule has 3 heterocycles. The van der Waals surface area contributed by atoms with Gasteiger partial charge in [0.25, 0.3) is 11.8 Å². The SMILES string of the molecule is C=N/C=C(\C=C(/C)c1ccc2[nH]nc(C(=O)Nc3cnccc3NC(=O)C3CC3)c2c1)CN1CCC(F)(F)C1. The summed E-state index contributed by atoms with van der Waals surface area (Å²) in [4.78, 5) is 35.1. The van der Waals surface area contributed by atoms with Crippen molar-refractivity contribution in [1.82, 2.24) is 20.1 Å². The summed E-state index contributed by atoms with van der Waals surface area (Å²) in [5.41, 5.74) is 4.15. The van der Waals surface area contributed by atoms with Crippen LogP contribution in [0.15, 0.2) is 59.5 Å². The topological polar surface area (TPSA) is 115 Å². The number of hydrogen-bond donors (Lipinski definition) is 3. The molecule has 2 amide bonds. The number of nitrogens with one attached hydrogen (secondary N) is 3. The Hall–Kier alpha value is -4.25. The second kappa shape index (κ2) is 10.9. The molecular formula is C28H29F2N7O2. The number of likely N-dealkylation sites (tertiary alicyclic amines) is 1. The molecule has 1 aliphatic carbocycles. The Morgan fingerprint density at radius 1 is 1.26 bits per heavy atom. The van der Waals surface area contributed by atoms with E-state index in [4.69, 9.17) is 0 Å². The van der Waals surface area contributed by atoms with E-state index in [1.807, 2.05) is 31.2 Å². The number of amides is 2. The van der Waals surface area contributed by atoms with E-state index >= 15 is 0 Å². The van der Waals surface area contributed by atoms with Crippen LogP contribution in [0, 0.1) is 5.92 Å². The summed E-state index contributed by atoms with van der Waals surface area (Å²) in [5.74, 6) is -3.19. The van der Waals surface area contributed by atoms with Crippen molar-refractivity contribution in [2.24, 2.45) is 10.9 Å². The van der Waals surface area contributed by atoms with Crippen molar-refractivity contribution >= 4 is 46.4 Å². The number of nitrogens with zero attached hydrogens (tertiary/aromatic N) is 4. The molecule has 9 nitrogen and oxygen atoms in total. The van der Waals surface area contributed by atoms with Crippen molar-refractivity contribution in [3.63, 3.8) is 0 Å². The first kappa shape index (κ1) is 26.4. The van der Waals surface area contributed by atoms with E-state index in [9.17, 15) is 18.4 Å². The molecule has 1 aliphatic heterocycles. The Morgan fingerprint density at radius 3 is 2.79 bits per heavy atom. The third-order valence-electron chi connectivity index (χ3n) is 6.82. The summed E-state index contributed by atoms with van der Waals surface area (Å²) in [5, 5.41) is 13.4. The lowest BCUT2D eigenvalue weighted by Gasteiger charge is -2.16. The second-order valence-electron chi connectivity index (χ2n) is 10.0. The first-order valence-corrected chi connectivity index (χ1v) is 12.7. The van der Waals surface area contributed by atoms with Crippen LogP contribution in [-0.4, -0.2) is 64.2 Å². The average Bonchev–Trinajstić information content (AvgIpc) is 3.58. The average molecular weight is 534 g/mol. The highest BCUT2D eigenvalue weighted by Gasteiger charge is 2.38. The van der Waals surface area contributed by atoms with Crippen molar-refractivity contribution < 1.29 is 18.4 Å². The molecule has 3 aromatic rings. The van der Waals surface area contributed by atoms with Gasteiger partial charge in [0.05, 0.1) is 29.6 Å². The summed E-state index contributed by atoms with van der Waals surface area (Å²) >= 11 is 0. The minimum Gasteiger partial charge on any atom is -0.324 e. The molecular weight excluding hydrogens is 504 g/mol. The molecule has 5 rings (SSSR count). The highest BCUT2D eigenvalue weighted by molar-refractivity contribution is 6.13. The zero-order chi connectivity index (χ0) is 27.6. The number of alkyl halides is 2. The standard InChI is InChI=1S/C28H29F2N7O2/c1-17(11-18(13-31-2)15-37-10-8-28(29,30)16-37)20-5-6-22-21(12-20)25(36-35-22)27(39)34-24-14-32-9-7-23(24)33-26(38)19-3-4-19/h5-7,9,11-14,19H,2-4,8,10,15-16H2,1H3,(H,34,39)(H,35,36)(H,32,33,38)/b17-11+,18-13+. The van der Waals surface area contributed by atoms with Crippen LogP contribution in [0.2, 0.25) is 0 Å². The normalized spacial score (nSPS) is 17.8. The van der Waals surface area contributed by atoms with Crippen molar-refractivity contribution in [2.75, 3.05) is 30.3 Å². The maximum atomic E-state index is 13.7. The van der Waals surface area contributed by atoms with Gasteiger partial charge in [0, 0.05) is 43.2 Å². The van der Waals surface area contributed by atoms with Crippen LogP contribution in [0.3, 0.4) is 0 Å². The number of fused-ring (bicyclic) bond motifs is 1. The monoisotopic (exact) mass is 533 g/mol. The molecule has 0 bridgehead atoms. The van der Waals surface area contributed by atoms with Crippen LogP contribution in [-0.2, 0) is 4.79 Å². The van der Waals surface area contributed by atoms with Gasteiger partial charge in [-0.25, -0.2) is 8.78 Å². The fourth-order valence-electron chi connectivity index (χ4n) is 4.60. The highest BCUT2D eigenvalue weighted by Crippen LogP contribution is 2.32. The van der Waals surface area contributed by atoms with Crippen LogP contribution in [0.25, 0.3) is 16.5 Å². The highest BCUT2D eigenvalue weighted by atomic mass is 19.3. The van der Waals surface area contributed by atoms with Gasteiger partial charge >= 0.3 is 0 Å². The number of carbonyl (C=O) groups excluding carboxylic acids is 2. The number of aliphatic imine (C=N–C) groups is 1. The van der Waals surface area contributed by atoms with E-state index in [1.165, 1.54) is 6.20 Å². The number of halogens is 2. The van der Waals surface area contributed by atoms with E-state index in [1.54, 1.807) is 23.4 Å². The van der Waals surface area contributed by atoms with Gasteiger partial charge in [-0.1, -0.05) is 12.1 Å². The minimum atomic E-state index is -2.67.